The summed E-state index contributed by atoms with van der Waals surface area (Å²) in [6.45, 7) is 0.415. The van der Waals surface area contributed by atoms with Gasteiger partial charge in [0, 0.05) is 11.1 Å². The standard InChI is InChI=1S/C17H18FNO2/c1-20-14-5-2-12(3-6-14)11-21-16-7-4-13(18)10-15(16)17(19)8-9-17/h2-7,10H,8-9,11,19H2,1H3. The number of nitrogens with two attached hydrogens (primary N) is 1. The lowest BCUT2D eigenvalue weighted by Gasteiger charge is -2.16. The Morgan fingerprint density at radius 3 is 2.48 bits per heavy atom. The van der Waals surface area contributed by atoms with Crippen molar-refractivity contribution in [1.29, 1.82) is 0 Å². The molecule has 0 radical (unpaired) electrons. The number of ether oxygens (including phenoxy) is 2. The maximum atomic E-state index is 13.4. The lowest BCUT2D eigenvalue weighted by Crippen LogP contribution is -2.20. The predicted octanol–water partition coefficient (Wildman–Crippen LogP) is 3.36. The molecule has 2 N–H and O–H groups in total. The fraction of sp³-hybridized carbons (Fsp3) is 0.294. The molecule has 110 valence electrons. The Morgan fingerprint density at radius 1 is 1.14 bits per heavy atom. The van der Waals surface area contributed by atoms with Crippen LogP contribution in [0.25, 0.3) is 0 Å². The predicted molar refractivity (Wildman–Crippen MR) is 78.8 cm³/mol. The van der Waals surface area contributed by atoms with Crippen LogP contribution in [0, 0.1) is 5.82 Å². The maximum Gasteiger partial charge on any atom is 0.125 e. The number of rotatable bonds is 5. The summed E-state index contributed by atoms with van der Waals surface area (Å²) in [6.07, 6.45) is 1.74. The number of methoxy groups -OCH3 is 1. The second-order valence-corrected chi connectivity index (χ2v) is 5.43. The van der Waals surface area contributed by atoms with Gasteiger partial charge in [0.05, 0.1) is 7.11 Å². The molecule has 0 heterocycles. The number of hydrogen-bond donors (Lipinski definition) is 1. The third-order valence-electron chi connectivity index (χ3n) is 3.82. The quantitative estimate of drug-likeness (QED) is 0.917. The van der Waals surface area contributed by atoms with Crippen LogP contribution in [0.3, 0.4) is 0 Å². The summed E-state index contributed by atoms with van der Waals surface area (Å²) in [7, 11) is 1.63. The van der Waals surface area contributed by atoms with Crippen molar-refractivity contribution < 1.29 is 13.9 Å². The van der Waals surface area contributed by atoms with Gasteiger partial charge >= 0.3 is 0 Å². The Kier molecular flexibility index (Phi) is 3.55. The van der Waals surface area contributed by atoms with Crippen LogP contribution in [-0.4, -0.2) is 7.11 Å². The zero-order valence-corrected chi connectivity index (χ0v) is 11.9. The van der Waals surface area contributed by atoms with E-state index in [0.29, 0.717) is 12.4 Å². The van der Waals surface area contributed by atoms with Gasteiger partial charge in [0.1, 0.15) is 23.9 Å². The molecular weight excluding hydrogens is 269 g/mol. The number of benzene rings is 2. The molecule has 0 spiro atoms. The molecule has 3 nitrogen and oxygen atoms in total. The average Bonchev–Trinajstić information content (AvgIpc) is 3.25. The van der Waals surface area contributed by atoms with Gasteiger partial charge < -0.3 is 15.2 Å². The van der Waals surface area contributed by atoms with Gasteiger partial charge in [-0.2, -0.15) is 0 Å². The van der Waals surface area contributed by atoms with Gasteiger partial charge in [-0.1, -0.05) is 12.1 Å². The van der Waals surface area contributed by atoms with Gasteiger partial charge in [0.15, 0.2) is 0 Å². The largest absolute Gasteiger partial charge is 0.497 e. The van der Waals surface area contributed by atoms with E-state index >= 15 is 0 Å². The molecule has 4 heteroatoms. The first-order valence-electron chi connectivity index (χ1n) is 6.95. The van der Waals surface area contributed by atoms with E-state index in [9.17, 15) is 4.39 Å². The minimum absolute atomic E-state index is 0.279. The van der Waals surface area contributed by atoms with Gasteiger partial charge in [-0.15, -0.1) is 0 Å². The van der Waals surface area contributed by atoms with Crippen molar-refractivity contribution in [2.24, 2.45) is 5.73 Å². The van der Waals surface area contributed by atoms with Crippen LogP contribution < -0.4 is 15.2 Å². The summed E-state index contributed by atoms with van der Waals surface area (Å²) in [5.41, 5.74) is 7.54. The zero-order chi connectivity index (χ0) is 14.9. The summed E-state index contributed by atoms with van der Waals surface area (Å²) in [5, 5.41) is 0. The number of halogens is 1. The Balaban J connectivity index is 1.75. The molecule has 1 fully saturated rings. The van der Waals surface area contributed by atoms with Crippen LogP contribution in [0.1, 0.15) is 24.0 Å². The lowest BCUT2D eigenvalue weighted by molar-refractivity contribution is 0.299. The Morgan fingerprint density at radius 2 is 1.86 bits per heavy atom. The van der Waals surface area contributed by atoms with E-state index in [1.807, 2.05) is 24.3 Å². The molecule has 2 aromatic carbocycles. The highest BCUT2D eigenvalue weighted by atomic mass is 19.1. The fourth-order valence-electron chi connectivity index (χ4n) is 2.30. The van der Waals surface area contributed by atoms with Gasteiger partial charge in [-0.3, -0.25) is 0 Å². The van der Waals surface area contributed by atoms with Crippen molar-refractivity contribution in [3.63, 3.8) is 0 Å². The van der Waals surface area contributed by atoms with Gasteiger partial charge in [-0.25, -0.2) is 4.39 Å². The highest BCUT2D eigenvalue weighted by Crippen LogP contribution is 2.46. The van der Waals surface area contributed by atoms with Gasteiger partial charge in [0.2, 0.25) is 0 Å². The third kappa shape index (κ3) is 3.00. The van der Waals surface area contributed by atoms with Crippen LogP contribution in [0.2, 0.25) is 0 Å². The van der Waals surface area contributed by atoms with Crippen molar-refractivity contribution in [3.05, 3.63) is 59.4 Å². The molecule has 0 bridgehead atoms. The molecule has 1 aliphatic rings. The molecular formula is C17H18FNO2. The van der Waals surface area contributed by atoms with Gasteiger partial charge in [0.25, 0.3) is 0 Å². The smallest absolute Gasteiger partial charge is 0.125 e. The molecule has 0 aliphatic heterocycles. The molecule has 2 aromatic rings. The second kappa shape index (κ2) is 5.37. The van der Waals surface area contributed by atoms with Gasteiger partial charge in [-0.05, 0) is 48.7 Å². The van der Waals surface area contributed by atoms with E-state index in [1.165, 1.54) is 12.1 Å². The summed E-state index contributed by atoms with van der Waals surface area (Å²) < 4.78 is 24.4. The van der Waals surface area contributed by atoms with Crippen molar-refractivity contribution in [1.82, 2.24) is 0 Å². The molecule has 1 saturated carbocycles. The summed E-state index contributed by atoms with van der Waals surface area (Å²) >= 11 is 0. The van der Waals surface area contributed by atoms with E-state index in [0.717, 1.165) is 29.7 Å². The molecule has 0 unspecified atom stereocenters. The van der Waals surface area contributed by atoms with E-state index in [-0.39, 0.29) is 5.82 Å². The molecule has 0 amide bonds. The highest BCUT2D eigenvalue weighted by Gasteiger charge is 2.42. The van der Waals surface area contributed by atoms with E-state index in [4.69, 9.17) is 15.2 Å². The van der Waals surface area contributed by atoms with Crippen LogP contribution in [0.4, 0.5) is 4.39 Å². The first kappa shape index (κ1) is 13.9. The van der Waals surface area contributed by atoms with Crippen LogP contribution >= 0.6 is 0 Å². The van der Waals surface area contributed by atoms with Crippen LogP contribution in [0.5, 0.6) is 11.5 Å². The highest BCUT2D eigenvalue weighted by molar-refractivity contribution is 5.42. The minimum Gasteiger partial charge on any atom is -0.497 e. The second-order valence-electron chi connectivity index (χ2n) is 5.43. The normalized spacial score (nSPS) is 15.6. The SMILES string of the molecule is COc1ccc(COc2ccc(F)cc2C2(N)CC2)cc1. The summed E-state index contributed by atoms with van der Waals surface area (Å²) in [4.78, 5) is 0. The Labute approximate surface area is 123 Å². The van der Waals surface area contributed by atoms with Crippen molar-refractivity contribution >= 4 is 0 Å². The monoisotopic (exact) mass is 287 g/mol. The molecule has 0 aromatic heterocycles. The van der Waals surface area contributed by atoms with Crippen LogP contribution in [0.15, 0.2) is 42.5 Å². The van der Waals surface area contributed by atoms with E-state index in [1.54, 1.807) is 13.2 Å². The molecule has 0 atom stereocenters. The Hall–Kier alpha value is -2.07. The van der Waals surface area contributed by atoms with E-state index < -0.39 is 5.54 Å². The minimum atomic E-state index is -0.419. The van der Waals surface area contributed by atoms with Crippen LogP contribution in [-0.2, 0) is 12.1 Å². The van der Waals surface area contributed by atoms with E-state index in [2.05, 4.69) is 0 Å². The summed E-state index contributed by atoms with van der Waals surface area (Å²) in [5.74, 6) is 1.19. The third-order valence-corrected chi connectivity index (χ3v) is 3.82. The molecule has 0 saturated heterocycles. The molecule has 3 rings (SSSR count). The molecule has 1 aliphatic carbocycles. The first-order chi connectivity index (χ1) is 10.1. The van der Waals surface area contributed by atoms with Crippen molar-refractivity contribution in [2.45, 2.75) is 25.0 Å². The van der Waals surface area contributed by atoms with Crippen molar-refractivity contribution in [2.75, 3.05) is 7.11 Å². The first-order valence-corrected chi connectivity index (χ1v) is 6.95. The molecule has 21 heavy (non-hydrogen) atoms. The van der Waals surface area contributed by atoms with Crippen molar-refractivity contribution in [3.8, 4) is 11.5 Å². The Bertz CT molecular complexity index is 636. The lowest BCUT2D eigenvalue weighted by atomic mass is 10.0. The maximum absolute atomic E-state index is 13.4. The average molecular weight is 287 g/mol. The zero-order valence-electron chi connectivity index (χ0n) is 11.9. The fourth-order valence-corrected chi connectivity index (χ4v) is 2.30. The topological polar surface area (TPSA) is 44.5 Å². The number of hydrogen-bond acceptors (Lipinski definition) is 3. The summed E-state index contributed by atoms with van der Waals surface area (Å²) in [6, 6.07) is 12.2.